The molecular weight excluding hydrogens is 943 g/mol. The molecule has 372 valence electrons. The first-order chi connectivity index (χ1) is 38.4. The van der Waals surface area contributed by atoms with E-state index in [2.05, 4.69) is 327 Å². The van der Waals surface area contributed by atoms with Gasteiger partial charge in [-0.25, -0.2) is 0 Å². The first kappa shape index (κ1) is 47.7. The Kier molecular flexibility index (Phi) is 12.6. The van der Waals surface area contributed by atoms with Crippen LogP contribution in [0.15, 0.2) is 291 Å². The number of nitrogens with zero attached hydrogens (tertiary/aromatic N) is 3. The second kappa shape index (κ2) is 20.6. The van der Waals surface area contributed by atoms with Crippen molar-refractivity contribution in [1.29, 1.82) is 0 Å². The van der Waals surface area contributed by atoms with Gasteiger partial charge in [0.25, 0.3) is 0 Å². The molecule has 13 aromatic rings. The summed E-state index contributed by atoms with van der Waals surface area (Å²) in [6, 6.07) is 107. The monoisotopic (exact) mass is 999 g/mol. The first-order valence-corrected chi connectivity index (χ1v) is 26.9. The lowest BCUT2D eigenvalue weighted by Crippen LogP contribution is -2.10. The molecule has 13 rings (SSSR count). The van der Waals surface area contributed by atoms with Gasteiger partial charge in [0.2, 0.25) is 0 Å². The molecule has 0 N–H and O–H groups in total. The lowest BCUT2D eigenvalue weighted by Gasteiger charge is -2.28. The van der Waals surface area contributed by atoms with Crippen LogP contribution in [-0.4, -0.2) is 0 Å². The van der Waals surface area contributed by atoms with Crippen molar-refractivity contribution in [3.63, 3.8) is 0 Å². The van der Waals surface area contributed by atoms with Crippen LogP contribution >= 0.6 is 0 Å². The molecule has 0 aliphatic heterocycles. The van der Waals surface area contributed by atoms with Gasteiger partial charge in [0.05, 0.1) is 0 Å². The Hall–Kier alpha value is -9.96. The van der Waals surface area contributed by atoms with E-state index in [0.29, 0.717) is 0 Å². The molecule has 78 heavy (non-hydrogen) atoms. The van der Waals surface area contributed by atoms with Crippen molar-refractivity contribution in [1.82, 2.24) is 0 Å². The largest absolute Gasteiger partial charge is 0.311 e. The zero-order valence-corrected chi connectivity index (χ0v) is 44.1. The SMILES string of the molecule is Cc1ccc(N(c2ccccc2)c2ccc(-c3c(-c4ccccc4)cc(-c4ccccc4)c4c5ccc(N(c6ccccc6)c6ccc(C)cc6)cc5c5cc(N(c6ccccc6)c6ccc(C)cc6)ccc5c34)cc2)cc1. The predicted molar refractivity (Wildman–Crippen MR) is 334 cm³/mol. The molecule has 0 amide bonds. The van der Waals surface area contributed by atoms with Gasteiger partial charge in [-0.15, -0.1) is 0 Å². The molecule has 0 aromatic heterocycles. The van der Waals surface area contributed by atoms with E-state index in [1.165, 1.54) is 71.3 Å². The van der Waals surface area contributed by atoms with Crippen molar-refractivity contribution in [2.45, 2.75) is 20.8 Å². The van der Waals surface area contributed by atoms with E-state index in [4.69, 9.17) is 0 Å². The van der Waals surface area contributed by atoms with E-state index < -0.39 is 0 Å². The number of aryl methyl sites for hydroxylation is 3. The number of fused-ring (bicyclic) bond motifs is 6. The normalized spacial score (nSPS) is 11.3. The van der Waals surface area contributed by atoms with E-state index in [9.17, 15) is 0 Å². The zero-order valence-electron chi connectivity index (χ0n) is 44.1. The van der Waals surface area contributed by atoms with Crippen LogP contribution in [-0.2, 0) is 0 Å². The van der Waals surface area contributed by atoms with E-state index in [-0.39, 0.29) is 0 Å². The van der Waals surface area contributed by atoms with Crippen LogP contribution < -0.4 is 14.7 Å². The number of para-hydroxylation sites is 3. The smallest absolute Gasteiger partial charge is 0.0468 e. The summed E-state index contributed by atoms with van der Waals surface area (Å²) in [6.45, 7) is 6.44. The maximum Gasteiger partial charge on any atom is 0.0468 e. The maximum absolute atomic E-state index is 2.46. The van der Waals surface area contributed by atoms with Crippen LogP contribution in [0.4, 0.5) is 51.2 Å². The Labute approximate surface area is 457 Å². The summed E-state index contributed by atoms with van der Waals surface area (Å²) in [7, 11) is 0. The number of hydrogen-bond acceptors (Lipinski definition) is 3. The number of hydrogen-bond donors (Lipinski definition) is 0. The van der Waals surface area contributed by atoms with Crippen LogP contribution in [0.25, 0.3) is 65.7 Å². The van der Waals surface area contributed by atoms with Gasteiger partial charge in [0.15, 0.2) is 0 Å². The Bertz CT molecular complexity index is 4220. The van der Waals surface area contributed by atoms with E-state index in [1.54, 1.807) is 0 Å². The lowest BCUT2D eigenvalue weighted by molar-refractivity contribution is 1.28. The molecule has 0 unspecified atom stereocenters. The van der Waals surface area contributed by atoms with Crippen molar-refractivity contribution in [3.8, 4) is 33.4 Å². The third kappa shape index (κ3) is 9.01. The van der Waals surface area contributed by atoms with Crippen LogP contribution in [0.5, 0.6) is 0 Å². The van der Waals surface area contributed by atoms with E-state index in [1.807, 2.05) is 0 Å². The van der Waals surface area contributed by atoms with Crippen LogP contribution in [0.2, 0.25) is 0 Å². The fraction of sp³-hybridized carbons (Fsp3) is 0.0400. The summed E-state index contributed by atoms with van der Waals surface area (Å²) in [4.78, 5) is 7.13. The average Bonchev–Trinajstić information content (AvgIpc) is 3.69. The highest BCUT2D eigenvalue weighted by Gasteiger charge is 2.25. The molecule has 0 atom stereocenters. The second-order valence-corrected chi connectivity index (χ2v) is 20.4. The van der Waals surface area contributed by atoms with Gasteiger partial charge in [0, 0.05) is 51.2 Å². The summed E-state index contributed by atoms with van der Waals surface area (Å²) < 4.78 is 0. The fourth-order valence-electron chi connectivity index (χ4n) is 11.4. The molecule has 0 bridgehead atoms. The highest BCUT2D eigenvalue weighted by Crippen LogP contribution is 2.52. The van der Waals surface area contributed by atoms with Crippen molar-refractivity contribution >= 4 is 83.5 Å². The van der Waals surface area contributed by atoms with Crippen molar-refractivity contribution in [2.24, 2.45) is 0 Å². The molecule has 3 heteroatoms. The summed E-state index contributed by atoms with van der Waals surface area (Å²) >= 11 is 0. The predicted octanol–water partition coefficient (Wildman–Crippen LogP) is 21.5. The van der Waals surface area contributed by atoms with Gasteiger partial charge < -0.3 is 14.7 Å². The topological polar surface area (TPSA) is 9.72 Å². The number of benzene rings is 13. The highest BCUT2D eigenvalue weighted by molar-refractivity contribution is 6.33. The van der Waals surface area contributed by atoms with Crippen molar-refractivity contribution in [2.75, 3.05) is 14.7 Å². The molecule has 13 aromatic carbocycles. The fourth-order valence-corrected chi connectivity index (χ4v) is 11.4. The first-order valence-electron chi connectivity index (χ1n) is 26.9. The summed E-state index contributed by atoms with van der Waals surface area (Å²) in [5.74, 6) is 0. The van der Waals surface area contributed by atoms with Crippen LogP contribution in [0.1, 0.15) is 16.7 Å². The molecule has 3 nitrogen and oxygen atoms in total. The number of anilines is 9. The van der Waals surface area contributed by atoms with Crippen molar-refractivity contribution in [3.05, 3.63) is 308 Å². The minimum Gasteiger partial charge on any atom is -0.311 e. The third-order valence-corrected chi connectivity index (χ3v) is 15.2. The Morgan fingerprint density at radius 2 is 0.500 bits per heavy atom. The molecule has 0 saturated heterocycles. The van der Waals surface area contributed by atoms with Crippen LogP contribution in [0.3, 0.4) is 0 Å². The Morgan fingerprint density at radius 3 is 0.885 bits per heavy atom. The molecule has 0 fully saturated rings. The second-order valence-electron chi connectivity index (χ2n) is 20.4. The number of rotatable bonds is 12. The zero-order chi connectivity index (χ0) is 52.5. The maximum atomic E-state index is 2.46. The van der Waals surface area contributed by atoms with Gasteiger partial charge in [-0.3, -0.25) is 0 Å². The van der Waals surface area contributed by atoms with Gasteiger partial charge in [0.1, 0.15) is 0 Å². The molecule has 0 aliphatic carbocycles. The van der Waals surface area contributed by atoms with Gasteiger partial charge in [-0.05, 0) is 202 Å². The quantitative estimate of drug-likeness (QED) is 0.113. The lowest BCUT2D eigenvalue weighted by atomic mass is 9.81. The minimum atomic E-state index is 1.08. The summed E-state index contributed by atoms with van der Waals surface area (Å²) in [5, 5.41) is 7.12. The van der Waals surface area contributed by atoms with Gasteiger partial charge in [-0.1, -0.05) is 193 Å². The molecule has 0 spiro atoms. The Balaban J connectivity index is 1.15. The minimum absolute atomic E-state index is 1.08. The standard InChI is InChI=1S/C75H57N3/c1-52-29-37-61(38-30-52)76(58-23-13-6-14-24-58)64-43-35-57(36-44-64)73-69(55-19-9-4-10-20-55)51-70(56-21-11-5-12-22-56)74-67-47-45-65(77(59-25-15-7-16-26-59)62-39-31-53(2)32-40-62)49-71(67)72-50-66(46-48-68(72)75(73)74)78(60-27-17-8-18-28-60)63-41-33-54(3)34-42-63/h4-51H,1-3H3. The van der Waals surface area contributed by atoms with Gasteiger partial charge >= 0.3 is 0 Å². The third-order valence-electron chi connectivity index (χ3n) is 15.2. The Morgan fingerprint density at radius 1 is 0.205 bits per heavy atom. The molecule has 0 aliphatic rings. The van der Waals surface area contributed by atoms with E-state index in [0.717, 1.165) is 62.3 Å². The summed E-state index contributed by atoms with van der Waals surface area (Å²) in [6.07, 6.45) is 0. The molecule has 0 radical (unpaired) electrons. The van der Waals surface area contributed by atoms with Gasteiger partial charge in [-0.2, -0.15) is 0 Å². The molecule has 0 saturated carbocycles. The molecule has 0 heterocycles. The van der Waals surface area contributed by atoms with Crippen LogP contribution in [0, 0.1) is 20.8 Å². The van der Waals surface area contributed by atoms with E-state index >= 15 is 0 Å². The molecular formula is C75H57N3. The summed E-state index contributed by atoms with van der Waals surface area (Å²) in [5.41, 5.74) is 20.5. The average molecular weight is 1000 g/mol. The van der Waals surface area contributed by atoms with Crippen molar-refractivity contribution < 1.29 is 0 Å². The highest BCUT2D eigenvalue weighted by atomic mass is 15.2.